The summed E-state index contributed by atoms with van der Waals surface area (Å²) in [6.45, 7) is 1.19. The molecule has 0 atom stereocenters. The molecule has 0 unspecified atom stereocenters. The highest BCUT2D eigenvalue weighted by Gasteiger charge is 2.31. The Labute approximate surface area is 179 Å². The van der Waals surface area contributed by atoms with Gasteiger partial charge in [-0.2, -0.15) is 0 Å². The van der Waals surface area contributed by atoms with Crippen LogP contribution in [0.15, 0.2) is 54.6 Å². The van der Waals surface area contributed by atoms with Crippen molar-refractivity contribution in [2.45, 2.75) is 13.1 Å². The summed E-state index contributed by atoms with van der Waals surface area (Å²) in [5, 5.41) is 3.19. The zero-order valence-corrected chi connectivity index (χ0v) is 17.1. The molecule has 0 saturated carbocycles. The quantitative estimate of drug-likeness (QED) is 0.664. The summed E-state index contributed by atoms with van der Waals surface area (Å²) in [5.74, 6) is 0.0385. The molecule has 0 fully saturated rings. The number of rotatable bonds is 4. The van der Waals surface area contributed by atoms with Gasteiger partial charge in [-0.1, -0.05) is 48.0 Å². The maximum atomic E-state index is 12.8. The Bertz CT molecular complexity index is 1110. The number of ether oxygens (including phenoxy) is 1. The van der Waals surface area contributed by atoms with Gasteiger partial charge in [-0.3, -0.25) is 4.79 Å². The number of amides is 3. The number of fused-ring (bicyclic) bond motifs is 1. The number of nitrogens with zero attached hydrogens (tertiary/aromatic N) is 2. The van der Waals surface area contributed by atoms with Crippen molar-refractivity contribution in [3.63, 3.8) is 0 Å². The summed E-state index contributed by atoms with van der Waals surface area (Å²) in [6, 6.07) is 16.4. The number of primary amides is 1. The predicted molar refractivity (Wildman–Crippen MR) is 116 cm³/mol. The van der Waals surface area contributed by atoms with E-state index in [1.807, 2.05) is 34.9 Å². The predicted octanol–water partition coefficient (Wildman–Crippen LogP) is 3.96. The summed E-state index contributed by atoms with van der Waals surface area (Å²) < 4.78 is 7.17. The number of hydrogen-bond donors (Lipinski definition) is 2. The van der Waals surface area contributed by atoms with Crippen LogP contribution in [-0.4, -0.2) is 35.1 Å². The first-order valence-corrected chi connectivity index (χ1v) is 9.83. The van der Waals surface area contributed by atoms with E-state index in [9.17, 15) is 9.59 Å². The van der Waals surface area contributed by atoms with Crippen LogP contribution < -0.4 is 15.8 Å². The molecular weight excluding hydrogens is 404 g/mol. The molecule has 0 spiro atoms. The number of halogens is 1. The molecule has 7 nitrogen and oxygen atoms in total. The van der Waals surface area contributed by atoms with Crippen molar-refractivity contribution in [3.8, 4) is 17.0 Å². The first-order chi connectivity index (χ1) is 14.5. The highest BCUT2D eigenvalue weighted by Crippen LogP contribution is 2.37. The largest absolute Gasteiger partial charge is 0.497 e. The number of carbonyl (C=O) groups excluding carboxylic acids is 2. The van der Waals surface area contributed by atoms with E-state index < -0.39 is 5.91 Å². The second-order valence-corrected chi connectivity index (χ2v) is 7.33. The molecule has 4 rings (SSSR count). The second kappa shape index (κ2) is 8.12. The third-order valence-electron chi connectivity index (χ3n) is 5.15. The Balaban J connectivity index is 1.64. The van der Waals surface area contributed by atoms with Gasteiger partial charge in [0.1, 0.15) is 5.75 Å². The van der Waals surface area contributed by atoms with E-state index in [-0.39, 0.29) is 18.1 Å². The molecule has 0 saturated heterocycles. The lowest BCUT2D eigenvalue weighted by Crippen LogP contribution is -2.41. The standard InChI is InChI=1S/C22H21ClN4O3/c1-30-16-9-5-8-15(12-16)25-22(29)26-10-11-27-17(13-26)18(21(24)28)19(23)20(27)14-6-3-2-4-7-14/h2-9,12H,10-11,13H2,1H3,(H2,24,28)(H,25,29). The molecule has 3 N–H and O–H groups in total. The second-order valence-electron chi connectivity index (χ2n) is 6.95. The maximum absolute atomic E-state index is 12.8. The minimum Gasteiger partial charge on any atom is -0.497 e. The van der Waals surface area contributed by atoms with Crippen LogP contribution >= 0.6 is 11.6 Å². The number of aromatic nitrogens is 1. The molecule has 0 radical (unpaired) electrons. The van der Waals surface area contributed by atoms with E-state index in [1.54, 1.807) is 36.3 Å². The summed E-state index contributed by atoms with van der Waals surface area (Å²) in [6.07, 6.45) is 0. The van der Waals surface area contributed by atoms with Gasteiger partial charge in [-0.25, -0.2) is 4.79 Å². The smallest absolute Gasteiger partial charge is 0.322 e. The minimum absolute atomic E-state index is 0.223. The molecule has 154 valence electrons. The van der Waals surface area contributed by atoms with Crippen LogP contribution in [0, 0.1) is 0 Å². The molecule has 8 heteroatoms. The van der Waals surface area contributed by atoms with Crippen LogP contribution in [0.3, 0.4) is 0 Å². The number of carbonyl (C=O) groups is 2. The fourth-order valence-corrected chi connectivity index (χ4v) is 4.14. The SMILES string of the molecule is COc1cccc(NC(=O)N2CCn3c(c(C(N)=O)c(Cl)c3-c3ccccc3)C2)c1. The molecule has 0 bridgehead atoms. The monoisotopic (exact) mass is 424 g/mol. The van der Waals surface area contributed by atoms with Crippen molar-refractivity contribution >= 4 is 29.2 Å². The van der Waals surface area contributed by atoms with Crippen LogP contribution in [0.2, 0.25) is 5.02 Å². The number of nitrogens with two attached hydrogens (primary N) is 1. The van der Waals surface area contributed by atoms with Crippen molar-refractivity contribution in [1.82, 2.24) is 9.47 Å². The number of benzene rings is 2. The Kier molecular flexibility index (Phi) is 5.37. The maximum Gasteiger partial charge on any atom is 0.322 e. The number of urea groups is 1. The molecular formula is C22H21ClN4O3. The van der Waals surface area contributed by atoms with Crippen molar-refractivity contribution in [2.75, 3.05) is 19.0 Å². The van der Waals surface area contributed by atoms with E-state index in [0.29, 0.717) is 35.2 Å². The number of nitrogens with one attached hydrogen (secondary N) is 1. The van der Waals surface area contributed by atoms with Gasteiger partial charge in [0.05, 0.1) is 35.6 Å². The van der Waals surface area contributed by atoms with Gasteiger partial charge < -0.3 is 25.3 Å². The molecule has 3 amide bonds. The average Bonchev–Trinajstić information content (AvgIpc) is 3.05. The first kappa shape index (κ1) is 19.8. The molecule has 3 aromatic rings. The number of anilines is 1. The van der Waals surface area contributed by atoms with Gasteiger partial charge in [0.15, 0.2) is 0 Å². The fraction of sp³-hybridized carbons (Fsp3) is 0.182. The lowest BCUT2D eigenvalue weighted by atomic mass is 10.1. The molecule has 1 aromatic heterocycles. The Morgan fingerprint density at radius 2 is 1.87 bits per heavy atom. The summed E-state index contributed by atoms with van der Waals surface area (Å²) in [5.41, 5.74) is 8.80. The molecule has 2 aromatic carbocycles. The van der Waals surface area contributed by atoms with Crippen molar-refractivity contribution in [1.29, 1.82) is 0 Å². The van der Waals surface area contributed by atoms with Crippen LogP contribution in [0.1, 0.15) is 16.1 Å². The molecule has 2 heterocycles. The van der Waals surface area contributed by atoms with Gasteiger partial charge in [0, 0.05) is 24.8 Å². The average molecular weight is 425 g/mol. The summed E-state index contributed by atoms with van der Waals surface area (Å²) in [7, 11) is 1.57. The van der Waals surface area contributed by atoms with E-state index in [4.69, 9.17) is 22.1 Å². The van der Waals surface area contributed by atoms with Crippen LogP contribution in [0.25, 0.3) is 11.3 Å². The highest BCUT2D eigenvalue weighted by molar-refractivity contribution is 6.36. The number of methoxy groups -OCH3 is 1. The van der Waals surface area contributed by atoms with Crippen LogP contribution in [-0.2, 0) is 13.1 Å². The lowest BCUT2D eigenvalue weighted by Gasteiger charge is -2.30. The minimum atomic E-state index is -0.610. The molecule has 1 aliphatic heterocycles. The molecule has 1 aliphatic rings. The van der Waals surface area contributed by atoms with E-state index >= 15 is 0 Å². The van der Waals surface area contributed by atoms with Crippen molar-refractivity contribution < 1.29 is 14.3 Å². The lowest BCUT2D eigenvalue weighted by molar-refractivity contribution is 0.0997. The van der Waals surface area contributed by atoms with E-state index in [1.165, 1.54) is 0 Å². The Hall–Kier alpha value is -3.45. The number of hydrogen-bond acceptors (Lipinski definition) is 3. The summed E-state index contributed by atoms with van der Waals surface area (Å²) in [4.78, 5) is 26.6. The van der Waals surface area contributed by atoms with Crippen LogP contribution in [0.4, 0.5) is 10.5 Å². The van der Waals surface area contributed by atoms with Gasteiger partial charge in [0.2, 0.25) is 0 Å². The third-order valence-corrected chi connectivity index (χ3v) is 5.52. The molecule has 0 aliphatic carbocycles. The van der Waals surface area contributed by atoms with Gasteiger partial charge in [-0.05, 0) is 17.7 Å². The summed E-state index contributed by atoms with van der Waals surface area (Å²) >= 11 is 6.59. The fourth-order valence-electron chi connectivity index (χ4n) is 3.73. The normalized spacial score (nSPS) is 12.9. The Morgan fingerprint density at radius 3 is 2.57 bits per heavy atom. The Morgan fingerprint density at radius 1 is 1.10 bits per heavy atom. The van der Waals surface area contributed by atoms with Gasteiger partial charge in [0.25, 0.3) is 5.91 Å². The zero-order chi connectivity index (χ0) is 21.3. The molecule has 30 heavy (non-hydrogen) atoms. The van der Waals surface area contributed by atoms with Crippen molar-refractivity contribution in [3.05, 3.63) is 70.9 Å². The topological polar surface area (TPSA) is 89.6 Å². The zero-order valence-electron chi connectivity index (χ0n) is 16.4. The van der Waals surface area contributed by atoms with Gasteiger partial charge >= 0.3 is 6.03 Å². The van der Waals surface area contributed by atoms with E-state index in [0.717, 1.165) is 11.3 Å². The van der Waals surface area contributed by atoms with Crippen LogP contribution in [0.5, 0.6) is 5.75 Å². The highest BCUT2D eigenvalue weighted by atomic mass is 35.5. The third kappa shape index (κ3) is 3.59. The first-order valence-electron chi connectivity index (χ1n) is 9.45. The van der Waals surface area contributed by atoms with Gasteiger partial charge in [-0.15, -0.1) is 0 Å². The van der Waals surface area contributed by atoms with E-state index in [2.05, 4.69) is 5.32 Å². The van der Waals surface area contributed by atoms with Crippen molar-refractivity contribution in [2.24, 2.45) is 5.73 Å².